The van der Waals surface area contributed by atoms with Gasteiger partial charge in [0.05, 0.1) is 25.8 Å². The van der Waals surface area contributed by atoms with Gasteiger partial charge >= 0.3 is 0 Å². The Morgan fingerprint density at radius 1 is 1.22 bits per heavy atom. The fraction of sp³-hybridized carbons (Fsp3) is 0.438. The average molecular weight is 313 g/mol. The third-order valence-corrected chi connectivity index (χ3v) is 4.03. The van der Waals surface area contributed by atoms with Crippen LogP contribution in [0.3, 0.4) is 0 Å². The molecule has 0 N–H and O–H groups in total. The Morgan fingerprint density at radius 2 is 2.09 bits per heavy atom. The van der Waals surface area contributed by atoms with Crippen molar-refractivity contribution in [2.24, 2.45) is 0 Å². The maximum atomic E-state index is 5.87. The Labute approximate surface area is 133 Å². The van der Waals surface area contributed by atoms with E-state index in [2.05, 4.69) is 20.0 Å². The summed E-state index contributed by atoms with van der Waals surface area (Å²) in [6.07, 6.45) is 0.0403. The molecule has 1 fully saturated rings. The van der Waals surface area contributed by atoms with Crippen molar-refractivity contribution >= 4 is 17.1 Å². The molecule has 0 aliphatic carbocycles. The van der Waals surface area contributed by atoms with E-state index >= 15 is 0 Å². The van der Waals surface area contributed by atoms with Crippen molar-refractivity contribution in [2.75, 3.05) is 24.6 Å². The molecule has 0 spiro atoms. The summed E-state index contributed by atoms with van der Waals surface area (Å²) in [5.41, 5.74) is 1.70. The van der Waals surface area contributed by atoms with Crippen LogP contribution in [-0.2, 0) is 11.3 Å². The molecule has 1 aromatic carbocycles. The molecule has 23 heavy (non-hydrogen) atoms. The number of hydrogen-bond acceptors (Lipinski definition) is 6. The quantitative estimate of drug-likeness (QED) is 0.736. The highest BCUT2D eigenvalue weighted by Crippen LogP contribution is 2.23. The molecule has 0 bridgehead atoms. The van der Waals surface area contributed by atoms with Crippen LogP contribution in [0, 0.1) is 13.8 Å². The Bertz CT molecular complexity index is 792. The zero-order valence-electron chi connectivity index (χ0n) is 13.3. The highest BCUT2D eigenvalue weighted by Gasteiger charge is 2.25. The maximum Gasteiger partial charge on any atom is 0.298 e. The van der Waals surface area contributed by atoms with Gasteiger partial charge in [-0.2, -0.15) is 10.1 Å². The number of ether oxygens (including phenoxy) is 1. The van der Waals surface area contributed by atoms with Crippen molar-refractivity contribution in [3.8, 4) is 0 Å². The number of anilines is 1. The van der Waals surface area contributed by atoms with Crippen molar-refractivity contribution in [2.45, 2.75) is 26.5 Å². The lowest BCUT2D eigenvalue weighted by Crippen LogP contribution is -2.44. The first-order valence-corrected chi connectivity index (χ1v) is 7.79. The number of rotatable bonds is 3. The molecule has 0 saturated carbocycles. The summed E-state index contributed by atoms with van der Waals surface area (Å²) in [7, 11) is 0. The molecule has 1 aliphatic heterocycles. The number of aryl methyl sites for hydroxylation is 2. The standard InChI is InChI=1S/C16H19N5O2/c1-11-17-12(2)21(19-11)10-13-9-20(7-8-22-13)16-18-14-5-3-4-6-15(14)23-16/h3-6,13H,7-10H2,1-2H3/t13-/m1/s1. The fourth-order valence-electron chi connectivity index (χ4n) is 2.93. The van der Waals surface area contributed by atoms with E-state index < -0.39 is 0 Å². The van der Waals surface area contributed by atoms with Gasteiger partial charge in [-0.15, -0.1) is 0 Å². The van der Waals surface area contributed by atoms with Crippen LogP contribution in [0.15, 0.2) is 28.7 Å². The zero-order valence-corrected chi connectivity index (χ0v) is 13.3. The van der Waals surface area contributed by atoms with E-state index in [1.807, 2.05) is 42.8 Å². The van der Waals surface area contributed by atoms with Crippen molar-refractivity contribution in [1.29, 1.82) is 0 Å². The van der Waals surface area contributed by atoms with Crippen molar-refractivity contribution < 1.29 is 9.15 Å². The minimum absolute atomic E-state index is 0.0403. The maximum absolute atomic E-state index is 5.87. The van der Waals surface area contributed by atoms with Gasteiger partial charge in [0.15, 0.2) is 5.58 Å². The highest BCUT2D eigenvalue weighted by atomic mass is 16.5. The molecular formula is C16H19N5O2. The number of oxazole rings is 1. The molecule has 3 heterocycles. The minimum atomic E-state index is 0.0403. The number of fused-ring (bicyclic) bond motifs is 1. The molecule has 4 rings (SSSR count). The molecule has 3 aromatic rings. The lowest BCUT2D eigenvalue weighted by Gasteiger charge is -2.31. The van der Waals surface area contributed by atoms with Gasteiger partial charge in [0.1, 0.15) is 17.2 Å². The topological polar surface area (TPSA) is 69.2 Å². The number of nitrogens with zero attached hydrogens (tertiary/aromatic N) is 5. The molecule has 1 atom stereocenters. The average Bonchev–Trinajstić information content (AvgIpc) is 3.11. The third-order valence-electron chi connectivity index (χ3n) is 4.03. The highest BCUT2D eigenvalue weighted by molar-refractivity contribution is 5.74. The van der Waals surface area contributed by atoms with Crippen molar-refractivity contribution in [1.82, 2.24) is 19.7 Å². The lowest BCUT2D eigenvalue weighted by atomic mass is 10.3. The number of aromatic nitrogens is 4. The molecule has 120 valence electrons. The number of morpholine rings is 1. The van der Waals surface area contributed by atoms with Gasteiger partial charge in [-0.05, 0) is 26.0 Å². The van der Waals surface area contributed by atoms with E-state index in [9.17, 15) is 0 Å². The summed E-state index contributed by atoms with van der Waals surface area (Å²) in [6, 6.07) is 8.47. The monoisotopic (exact) mass is 313 g/mol. The lowest BCUT2D eigenvalue weighted by molar-refractivity contribution is 0.0254. The molecule has 2 aromatic heterocycles. The molecule has 1 aliphatic rings. The Kier molecular flexibility index (Phi) is 3.49. The van der Waals surface area contributed by atoms with E-state index in [1.165, 1.54) is 0 Å². The predicted molar refractivity (Wildman–Crippen MR) is 85.5 cm³/mol. The fourth-order valence-corrected chi connectivity index (χ4v) is 2.93. The SMILES string of the molecule is Cc1nc(C)n(C[C@H]2CN(c3nc4ccccc4o3)CCO2)n1. The minimum Gasteiger partial charge on any atom is -0.423 e. The molecule has 7 heteroatoms. The largest absolute Gasteiger partial charge is 0.423 e. The summed E-state index contributed by atoms with van der Waals surface area (Å²) in [4.78, 5) is 11.0. The number of hydrogen-bond donors (Lipinski definition) is 0. The molecular weight excluding hydrogens is 294 g/mol. The second-order valence-corrected chi connectivity index (χ2v) is 5.79. The van der Waals surface area contributed by atoms with Gasteiger partial charge in [0, 0.05) is 6.54 Å². The zero-order chi connectivity index (χ0) is 15.8. The van der Waals surface area contributed by atoms with Crippen LogP contribution in [0.2, 0.25) is 0 Å². The van der Waals surface area contributed by atoms with Crippen LogP contribution >= 0.6 is 0 Å². The van der Waals surface area contributed by atoms with Gasteiger partial charge in [-0.1, -0.05) is 12.1 Å². The first kappa shape index (κ1) is 14.2. The van der Waals surface area contributed by atoms with Crippen LogP contribution in [0.25, 0.3) is 11.1 Å². The third kappa shape index (κ3) is 2.79. The number of para-hydroxylation sites is 2. The summed E-state index contributed by atoms with van der Waals surface area (Å²) in [5.74, 6) is 1.69. The second-order valence-electron chi connectivity index (χ2n) is 5.79. The van der Waals surface area contributed by atoms with E-state index in [-0.39, 0.29) is 6.10 Å². The van der Waals surface area contributed by atoms with Gasteiger partial charge in [-0.3, -0.25) is 0 Å². The van der Waals surface area contributed by atoms with E-state index in [1.54, 1.807) is 0 Å². The summed E-state index contributed by atoms with van der Waals surface area (Å²) >= 11 is 0. The van der Waals surface area contributed by atoms with Gasteiger partial charge in [0.2, 0.25) is 0 Å². The van der Waals surface area contributed by atoms with Gasteiger partial charge in [0.25, 0.3) is 6.01 Å². The molecule has 0 amide bonds. The molecule has 7 nitrogen and oxygen atoms in total. The molecule has 0 unspecified atom stereocenters. The second kappa shape index (κ2) is 5.66. The summed E-state index contributed by atoms with van der Waals surface area (Å²) in [6.45, 7) is 6.70. The summed E-state index contributed by atoms with van der Waals surface area (Å²) in [5, 5.41) is 4.40. The van der Waals surface area contributed by atoms with Gasteiger partial charge < -0.3 is 14.1 Å². The number of benzene rings is 1. The van der Waals surface area contributed by atoms with E-state index in [0.29, 0.717) is 19.2 Å². The van der Waals surface area contributed by atoms with Crippen LogP contribution < -0.4 is 4.90 Å². The van der Waals surface area contributed by atoms with Crippen molar-refractivity contribution in [3.05, 3.63) is 35.9 Å². The van der Waals surface area contributed by atoms with Crippen LogP contribution in [0.1, 0.15) is 11.6 Å². The first-order valence-electron chi connectivity index (χ1n) is 7.79. The van der Waals surface area contributed by atoms with Crippen LogP contribution in [0.5, 0.6) is 0 Å². The van der Waals surface area contributed by atoms with Crippen molar-refractivity contribution in [3.63, 3.8) is 0 Å². The summed E-state index contributed by atoms with van der Waals surface area (Å²) < 4.78 is 13.6. The van der Waals surface area contributed by atoms with Crippen LogP contribution in [-0.4, -0.2) is 45.5 Å². The Balaban J connectivity index is 1.51. The normalized spacial score (nSPS) is 18.7. The van der Waals surface area contributed by atoms with Gasteiger partial charge in [-0.25, -0.2) is 9.67 Å². The van der Waals surface area contributed by atoms with E-state index in [4.69, 9.17) is 9.15 Å². The van der Waals surface area contributed by atoms with E-state index in [0.717, 1.165) is 35.8 Å². The predicted octanol–water partition coefficient (Wildman–Crippen LogP) is 1.94. The Hall–Kier alpha value is -2.41. The molecule has 0 radical (unpaired) electrons. The first-order chi connectivity index (χ1) is 11.2. The molecule has 1 saturated heterocycles. The van der Waals surface area contributed by atoms with Crippen LogP contribution in [0.4, 0.5) is 6.01 Å². The Morgan fingerprint density at radius 3 is 2.87 bits per heavy atom. The smallest absolute Gasteiger partial charge is 0.298 e.